The van der Waals surface area contributed by atoms with Gasteiger partial charge in [0, 0.05) is 11.6 Å². The van der Waals surface area contributed by atoms with E-state index in [1.807, 2.05) is 6.92 Å². The number of sulfonamides is 1. The number of hydrogen-bond donors (Lipinski definition) is 4. The van der Waals surface area contributed by atoms with Gasteiger partial charge < -0.3 is 5.32 Å². The Kier molecular flexibility index (Phi) is 6.56. The van der Waals surface area contributed by atoms with Crippen molar-refractivity contribution in [3.05, 3.63) is 11.6 Å². The van der Waals surface area contributed by atoms with Crippen LogP contribution in [0.2, 0.25) is 0 Å². The summed E-state index contributed by atoms with van der Waals surface area (Å²) in [5, 5.41) is 24.1. The minimum Gasteiger partial charge on any atom is -0.310 e. The number of nitrogens with zero attached hydrogens (tertiary/aromatic N) is 1. The maximum absolute atomic E-state index is 12.8. The van der Waals surface area contributed by atoms with Crippen molar-refractivity contribution in [2.45, 2.75) is 45.9 Å². The Bertz CT molecular complexity index is 804. The molecule has 5 N–H and O–H groups in total. The lowest BCUT2D eigenvalue weighted by atomic mass is 10.0. The molecule has 0 aromatic carbocycles. The molecule has 0 saturated heterocycles. The SMILES string of the molecule is CCCNC1CC(CCON(O)O)S(=O)(=O)c2sc(S(N)(=O)=O)cc21. The predicted octanol–water partition coefficient (Wildman–Crippen LogP) is 0.384. The molecular formula is C12H21N3O7S3. The Morgan fingerprint density at radius 3 is 2.72 bits per heavy atom. The van der Waals surface area contributed by atoms with Crippen LogP contribution >= 0.6 is 11.3 Å². The summed E-state index contributed by atoms with van der Waals surface area (Å²) < 4.78 is 48.6. The predicted molar refractivity (Wildman–Crippen MR) is 88.3 cm³/mol. The van der Waals surface area contributed by atoms with Gasteiger partial charge in [-0.15, -0.1) is 11.3 Å². The number of nitrogens with one attached hydrogen (secondary N) is 1. The van der Waals surface area contributed by atoms with Gasteiger partial charge in [-0.25, -0.2) is 22.0 Å². The van der Waals surface area contributed by atoms with E-state index in [4.69, 9.17) is 15.6 Å². The molecule has 1 aliphatic rings. The Balaban J connectivity index is 2.38. The summed E-state index contributed by atoms with van der Waals surface area (Å²) in [5.74, 6) is 0. The third-order valence-corrected chi connectivity index (χ3v) is 9.21. The van der Waals surface area contributed by atoms with Crippen LogP contribution in [0.1, 0.15) is 37.8 Å². The molecule has 144 valence electrons. The Hall–Kier alpha value is -0.640. The lowest BCUT2D eigenvalue weighted by molar-refractivity contribution is -0.492. The standard InChI is InChI=1S/C12H21N3O7S3/c1-2-4-14-10-6-8(3-5-22-15(16)17)24(18,19)12-9(10)7-11(23-12)25(13,20)21/h7-8,10,14,16-17H,2-6H2,1H3,(H2,13,20,21). The van der Waals surface area contributed by atoms with Gasteiger partial charge in [-0.2, -0.15) is 0 Å². The molecule has 2 atom stereocenters. The van der Waals surface area contributed by atoms with Gasteiger partial charge in [0.2, 0.25) is 10.0 Å². The summed E-state index contributed by atoms with van der Waals surface area (Å²) in [4.78, 5) is 4.45. The maximum Gasteiger partial charge on any atom is 0.247 e. The van der Waals surface area contributed by atoms with Gasteiger partial charge in [0.1, 0.15) is 8.42 Å². The highest BCUT2D eigenvalue weighted by Crippen LogP contribution is 2.43. The highest BCUT2D eigenvalue weighted by molar-refractivity contribution is 7.95. The molecule has 1 aromatic rings. The first-order valence-corrected chi connectivity index (χ1v) is 11.4. The van der Waals surface area contributed by atoms with Gasteiger partial charge in [0.15, 0.2) is 9.84 Å². The quantitative estimate of drug-likeness (QED) is 0.440. The van der Waals surface area contributed by atoms with E-state index in [0.717, 1.165) is 6.42 Å². The van der Waals surface area contributed by atoms with Crippen LogP contribution in [0.3, 0.4) is 0 Å². The van der Waals surface area contributed by atoms with Crippen LogP contribution in [0.5, 0.6) is 0 Å². The number of rotatable bonds is 8. The largest absolute Gasteiger partial charge is 0.310 e. The van der Waals surface area contributed by atoms with Crippen molar-refractivity contribution in [2.24, 2.45) is 5.14 Å². The molecule has 10 nitrogen and oxygen atoms in total. The van der Waals surface area contributed by atoms with Crippen molar-refractivity contribution in [3.63, 3.8) is 0 Å². The van der Waals surface area contributed by atoms with Crippen molar-refractivity contribution < 1.29 is 32.1 Å². The first-order chi connectivity index (χ1) is 11.6. The molecule has 1 aromatic heterocycles. The van der Waals surface area contributed by atoms with Crippen LogP contribution in [0, 0.1) is 0 Å². The number of hydrogen-bond acceptors (Lipinski definition) is 10. The van der Waals surface area contributed by atoms with E-state index in [0.29, 0.717) is 23.4 Å². The molecule has 0 fully saturated rings. The molecule has 0 amide bonds. The smallest absolute Gasteiger partial charge is 0.247 e. The summed E-state index contributed by atoms with van der Waals surface area (Å²) in [6, 6.07) is 0.977. The monoisotopic (exact) mass is 415 g/mol. The summed E-state index contributed by atoms with van der Waals surface area (Å²) in [6.07, 6.45) is 1.06. The zero-order chi connectivity index (χ0) is 18.8. The van der Waals surface area contributed by atoms with Crippen LogP contribution in [-0.4, -0.2) is 51.0 Å². The Morgan fingerprint density at radius 1 is 1.48 bits per heavy atom. The van der Waals surface area contributed by atoms with E-state index in [1.54, 1.807) is 0 Å². The third kappa shape index (κ3) is 4.75. The van der Waals surface area contributed by atoms with Gasteiger partial charge in [-0.1, -0.05) is 6.92 Å². The van der Waals surface area contributed by atoms with E-state index >= 15 is 0 Å². The molecular weight excluding hydrogens is 394 g/mol. The molecule has 0 aliphatic carbocycles. The van der Waals surface area contributed by atoms with Crippen LogP contribution in [0.4, 0.5) is 0 Å². The highest BCUT2D eigenvalue weighted by atomic mass is 32.3. The number of primary sulfonamides is 1. The van der Waals surface area contributed by atoms with Crippen LogP contribution in [-0.2, 0) is 24.7 Å². The third-order valence-electron chi connectivity index (χ3n) is 3.84. The number of sulfone groups is 1. The zero-order valence-corrected chi connectivity index (χ0v) is 15.9. The summed E-state index contributed by atoms with van der Waals surface area (Å²) >= 11 is 0.639. The fourth-order valence-corrected chi connectivity index (χ4v) is 7.37. The second-order valence-electron chi connectivity index (χ2n) is 5.64. The van der Waals surface area contributed by atoms with Gasteiger partial charge in [0.05, 0.1) is 17.2 Å². The lowest BCUT2D eigenvalue weighted by Gasteiger charge is -2.30. The topological polar surface area (TPSA) is 159 Å². The number of nitrogens with two attached hydrogens (primary N) is 1. The van der Waals surface area contributed by atoms with Crippen LogP contribution < -0.4 is 10.5 Å². The molecule has 25 heavy (non-hydrogen) atoms. The minimum absolute atomic E-state index is 0.0201. The highest BCUT2D eigenvalue weighted by Gasteiger charge is 2.41. The molecule has 0 bridgehead atoms. The number of fused-ring (bicyclic) bond motifs is 1. The average Bonchev–Trinajstić information content (AvgIpc) is 2.95. The fourth-order valence-electron chi connectivity index (χ4n) is 2.69. The van der Waals surface area contributed by atoms with E-state index in [-0.39, 0.29) is 33.9 Å². The Morgan fingerprint density at radius 2 is 2.16 bits per heavy atom. The van der Waals surface area contributed by atoms with Crippen molar-refractivity contribution in [1.29, 1.82) is 0 Å². The second-order valence-corrected chi connectivity index (χ2v) is 10.9. The maximum atomic E-state index is 12.8. The molecule has 0 radical (unpaired) electrons. The molecule has 2 unspecified atom stereocenters. The van der Waals surface area contributed by atoms with Crippen molar-refractivity contribution in [2.75, 3.05) is 13.2 Å². The summed E-state index contributed by atoms with van der Waals surface area (Å²) in [6.45, 7) is 2.37. The molecule has 0 spiro atoms. The van der Waals surface area contributed by atoms with Gasteiger partial charge in [0.25, 0.3) is 0 Å². The van der Waals surface area contributed by atoms with E-state index < -0.39 is 30.5 Å². The first-order valence-electron chi connectivity index (χ1n) is 7.52. The molecule has 2 heterocycles. The van der Waals surface area contributed by atoms with Crippen molar-refractivity contribution >= 4 is 31.2 Å². The van der Waals surface area contributed by atoms with E-state index in [1.165, 1.54) is 6.07 Å². The first kappa shape index (κ1) is 20.7. The Labute approximate surface area is 150 Å². The van der Waals surface area contributed by atoms with Gasteiger partial charge >= 0.3 is 0 Å². The fraction of sp³-hybridized carbons (Fsp3) is 0.667. The molecule has 0 saturated carbocycles. The van der Waals surface area contributed by atoms with Crippen LogP contribution in [0.25, 0.3) is 0 Å². The van der Waals surface area contributed by atoms with E-state index in [9.17, 15) is 16.8 Å². The van der Waals surface area contributed by atoms with Crippen molar-refractivity contribution in [1.82, 2.24) is 10.7 Å². The minimum atomic E-state index is -4.01. The van der Waals surface area contributed by atoms with E-state index in [2.05, 4.69) is 10.2 Å². The normalized spacial score (nSPS) is 22.9. The number of thiophene rings is 1. The lowest BCUT2D eigenvalue weighted by Crippen LogP contribution is -2.36. The summed E-state index contributed by atoms with van der Waals surface area (Å²) in [7, 11) is -7.79. The molecule has 1 aliphatic heterocycles. The van der Waals surface area contributed by atoms with Gasteiger partial charge in [-0.3, -0.25) is 15.3 Å². The molecule has 13 heteroatoms. The zero-order valence-electron chi connectivity index (χ0n) is 13.5. The average molecular weight is 416 g/mol. The summed E-state index contributed by atoms with van der Waals surface area (Å²) in [5.41, 5.74) is 0.408. The van der Waals surface area contributed by atoms with Gasteiger partial charge in [-0.05, 0) is 31.9 Å². The van der Waals surface area contributed by atoms with Crippen LogP contribution in [0.15, 0.2) is 14.5 Å². The van der Waals surface area contributed by atoms with Crippen molar-refractivity contribution in [3.8, 4) is 0 Å². The molecule has 2 rings (SSSR count). The second kappa shape index (κ2) is 7.94.